The Hall–Kier alpha value is -2.86. The summed E-state index contributed by atoms with van der Waals surface area (Å²) < 4.78 is 14.7. The summed E-state index contributed by atoms with van der Waals surface area (Å²) in [5.41, 5.74) is 3.01. The first-order valence-corrected chi connectivity index (χ1v) is 10.2. The zero-order chi connectivity index (χ0) is 19.7. The first-order valence-electron chi connectivity index (χ1n) is 8.99. The Morgan fingerprint density at radius 2 is 1.86 bits per heavy atom. The second kappa shape index (κ2) is 7.64. The lowest BCUT2D eigenvalue weighted by molar-refractivity contribution is 0.0734. The monoisotopic (exact) mass is 394 g/mol. The second-order valence-electron chi connectivity index (χ2n) is 6.72. The molecule has 0 spiro atoms. The second-order valence-corrected chi connectivity index (χ2v) is 7.60. The van der Waals surface area contributed by atoms with Gasteiger partial charge in [0.2, 0.25) is 0 Å². The highest BCUT2D eigenvalue weighted by Crippen LogP contribution is 2.22. The van der Waals surface area contributed by atoms with E-state index in [1.165, 1.54) is 16.7 Å². The normalized spacial score (nSPS) is 13.3. The van der Waals surface area contributed by atoms with Gasteiger partial charge >= 0.3 is 0 Å². The van der Waals surface area contributed by atoms with Gasteiger partial charge in [0.15, 0.2) is 0 Å². The van der Waals surface area contributed by atoms with Gasteiger partial charge in [-0.15, -0.1) is 11.8 Å². The third-order valence-electron chi connectivity index (χ3n) is 4.95. The molecule has 0 fully saturated rings. The van der Waals surface area contributed by atoms with Crippen molar-refractivity contribution in [1.29, 1.82) is 0 Å². The van der Waals surface area contributed by atoms with Crippen LogP contribution in [-0.4, -0.2) is 28.2 Å². The summed E-state index contributed by atoms with van der Waals surface area (Å²) in [4.78, 5) is 28.3. The maximum Gasteiger partial charge on any atom is 0.255 e. The van der Waals surface area contributed by atoms with Crippen LogP contribution in [0, 0.1) is 5.82 Å². The summed E-state index contributed by atoms with van der Waals surface area (Å²) in [5.74, 6) is -0.361. The number of carbonyl (C=O) groups is 1. The Bertz CT molecular complexity index is 1090. The smallest absolute Gasteiger partial charge is 0.255 e. The quantitative estimate of drug-likeness (QED) is 0.633. The molecule has 0 radical (unpaired) electrons. The Kier molecular flexibility index (Phi) is 5.05. The molecule has 0 saturated heterocycles. The van der Waals surface area contributed by atoms with Crippen LogP contribution in [-0.2, 0) is 13.0 Å². The van der Waals surface area contributed by atoms with E-state index in [1.54, 1.807) is 41.1 Å². The summed E-state index contributed by atoms with van der Waals surface area (Å²) >= 11 is 1.60. The van der Waals surface area contributed by atoms with Gasteiger partial charge in [-0.25, -0.2) is 4.39 Å². The predicted octanol–water partition coefficient (Wildman–Crippen LogP) is 3.90. The number of pyridine rings is 1. The van der Waals surface area contributed by atoms with Crippen molar-refractivity contribution in [2.75, 3.05) is 12.8 Å². The molecule has 2 heterocycles. The highest BCUT2D eigenvalue weighted by atomic mass is 32.2. The predicted molar refractivity (Wildman–Crippen MR) is 109 cm³/mol. The molecule has 0 N–H and O–H groups in total. The van der Waals surface area contributed by atoms with E-state index in [9.17, 15) is 14.0 Å². The van der Waals surface area contributed by atoms with E-state index in [2.05, 4.69) is 0 Å². The SMILES string of the molecule is CSc1cccc(C(=O)N2CCc3cc(=O)n(-c4ccc(F)cc4)cc3C2)c1. The summed E-state index contributed by atoms with van der Waals surface area (Å²) in [7, 11) is 0. The number of halogens is 1. The number of rotatable bonds is 3. The Morgan fingerprint density at radius 1 is 1.07 bits per heavy atom. The number of nitrogens with zero attached hydrogens (tertiary/aromatic N) is 2. The number of fused-ring (bicyclic) bond motifs is 1. The Balaban J connectivity index is 1.64. The van der Waals surface area contributed by atoms with Gasteiger partial charge in [-0.1, -0.05) is 6.07 Å². The van der Waals surface area contributed by atoms with Gasteiger partial charge in [-0.05, 0) is 66.3 Å². The number of aromatic nitrogens is 1. The molecule has 0 bridgehead atoms. The van der Waals surface area contributed by atoms with Crippen molar-refractivity contribution in [2.24, 2.45) is 0 Å². The standard InChI is InChI=1S/C22H19FN2O2S/c1-28-20-4-2-3-16(11-20)22(27)24-10-9-15-12-21(26)25(14-17(15)13-24)19-7-5-18(23)6-8-19/h2-8,11-12,14H,9-10,13H2,1H3. The molecule has 1 aliphatic heterocycles. The zero-order valence-corrected chi connectivity index (χ0v) is 16.2. The molecule has 4 rings (SSSR count). The molecule has 0 aliphatic carbocycles. The highest BCUT2D eigenvalue weighted by Gasteiger charge is 2.23. The third-order valence-corrected chi connectivity index (χ3v) is 5.68. The van der Waals surface area contributed by atoms with E-state index >= 15 is 0 Å². The molecule has 1 aliphatic rings. The van der Waals surface area contributed by atoms with Crippen molar-refractivity contribution >= 4 is 17.7 Å². The summed E-state index contributed by atoms with van der Waals surface area (Å²) in [6, 6.07) is 15.0. The van der Waals surface area contributed by atoms with Crippen LogP contribution in [0.25, 0.3) is 5.69 Å². The minimum atomic E-state index is -0.348. The molecule has 3 aromatic rings. The lowest BCUT2D eigenvalue weighted by Gasteiger charge is -2.29. The van der Waals surface area contributed by atoms with Crippen LogP contribution in [0.3, 0.4) is 0 Å². The first-order chi connectivity index (χ1) is 13.5. The summed E-state index contributed by atoms with van der Waals surface area (Å²) in [6.07, 6.45) is 4.39. The van der Waals surface area contributed by atoms with Crippen LogP contribution < -0.4 is 5.56 Å². The molecule has 1 amide bonds. The maximum atomic E-state index is 13.2. The number of carbonyl (C=O) groups excluding carboxylic acids is 1. The average molecular weight is 394 g/mol. The van der Waals surface area contributed by atoms with Gasteiger partial charge in [0.05, 0.1) is 0 Å². The van der Waals surface area contributed by atoms with Crippen molar-refractivity contribution in [2.45, 2.75) is 17.9 Å². The first kappa shape index (κ1) is 18.5. The third kappa shape index (κ3) is 3.60. The topological polar surface area (TPSA) is 42.3 Å². The fourth-order valence-corrected chi connectivity index (χ4v) is 3.90. The molecule has 0 atom stereocenters. The number of hydrogen-bond donors (Lipinski definition) is 0. The van der Waals surface area contributed by atoms with Crippen molar-refractivity contribution in [1.82, 2.24) is 9.47 Å². The molecule has 28 heavy (non-hydrogen) atoms. The molecule has 2 aromatic carbocycles. The van der Waals surface area contributed by atoms with Gasteiger partial charge in [-0.3, -0.25) is 14.2 Å². The molecule has 0 unspecified atom stereocenters. The van der Waals surface area contributed by atoms with Crippen molar-refractivity contribution in [3.8, 4) is 5.69 Å². The fourth-order valence-electron chi connectivity index (χ4n) is 3.44. The number of benzene rings is 2. The van der Waals surface area contributed by atoms with Crippen LogP contribution in [0.15, 0.2) is 70.5 Å². The van der Waals surface area contributed by atoms with Crippen molar-refractivity contribution in [3.05, 3.63) is 93.7 Å². The summed E-state index contributed by atoms with van der Waals surface area (Å²) in [5, 5.41) is 0. The largest absolute Gasteiger partial charge is 0.334 e. The fraction of sp³-hybridized carbons (Fsp3) is 0.182. The Morgan fingerprint density at radius 3 is 2.61 bits per heavy atom. The summed E-state index contributed by atoms with van der Waals surface area (Å²) in [6.45, 7) is 1.02. The van der Waals surface area contributed by atoms with Gasteiger partial charge in [0.1, 0.15) is 5.82 Å². The van der Waals surface area contributed by atoms with Gasteiger partial charge in [0.25, 0.3) is 11.5 Å². The van der Waals surface area contributed by atoms with E-state index in [1.807, 2.05) is 30.5 Å². The molecular weight excluding hydrogens is 375 g/mol. The number of thioether (sulfide) groups is 1. The molecule has 1 aromatic heterocycles. The number of hydrogen-bond acceptors (Lipinski definition) is 3. The van der Waals surface area contributed by atoms with E-state index in [-0.39, 0.29) is 17.3 Å². The van der Waals surface area contributed by atoms with Crippen LogP contribution in [0.4, 0.5) is 4.39 Å². The van der Waals surface area contributed by atoms with Gasteiger partial charge in [-0.2, -0.15) is 0 Å². The van der Waals surface area contributed by atoms with Crippen molar-refractivity contribution in [3.63, 3.8) is 0 Å². The highest BCUT2D eigenvalue weighted by molar-refractivity contribution is 7.98. The van der Waals surface area contributed by atoms with E-state index in [4.69, 9.17) is 0 Å². The van der Waals surface area contributed by atoms with E-state index in [0.29, 0.717) is 30.8 Å². The van der Waals surface area contributed by atoms with Gasteiger partial charge < -0.3 is 4.90 Å². The zero-order valence-electron chi connectivity index (χ0n) is 15.4. The van der Waals surface area contributed by atoms with Crippen molar-refractivity contribution < 1.29 is 9.18 Å². The van der Waals surface area contributed by atoms with E-state index < -0.39 is 0 Å². The Labute approximate surface area is 166 Å². The minimum Gasteiger partial charge on any atom is -0.334 e. The molecule has 142 valence electrons. The lowest BCUT2D eigenvalue weighted by Crippen LogP contribution is -2.37. The average Bonchev–Trinajstić information content (AvgIpc) is 2.73. The van der Waals surface area contributed by atoms with Gasteiger partial charge in [0, 0.05) is 41.5 Å². The molecule has 4 nitrogen and oxygen atoms in total. The maximum absolute atomic E-state index is 13.2. The number of amides is 1. The van der Waals surface area contributed by atoms with Crippen LogP contribution in [0.1, 0.15) is 21.5 Å². The molecule has 6 heteroatoms. The lowest BCUT2D eigenvalue weighted by atomic mass is 10.0. The van der Waals surface area contributed by atoms with E-state index in [0.717, 1.165) is 16.0 Å². The minimum absolute atomic E-state index is 0.0129. The van der Waals surface area contributed by atoms with Crippen LogP contribution in [0.2, 0.25) is 0 Å². The van der Waals surface area contributed by atoms with Crippen LogP contribution >= 0.6 is 11.8 Å². The van der Waals surface area contributed by atoms with Crippen LogP contribution in [0.5, 0.6) is 0 Å². The molecular formula is C22H19FN2O2S. The molecule has 0 saturated carbocycles.